The van der Waals surface area contributed by atoms with Gasteiger partial charge < -0.3 is 15.2 Å². The number of carbonyl (C=O) groups is 2. The molecule has 3 rings (SSSR count). The van der Waals surface area contributed by atoms with Crippen LogP contribution in [0.4, 0.5) is 5.69 Å². The molecule has 126 valence electrons. The Balaban J connectivity index is 1.95. The lowest BCUT2D eigenvalue weighted by Gasteiger charge is -2.07. The third-order valence-electron chi connectivity index (χ3n) is 3.55. The average Bonchev–Trinajstić information content (AvgIpc) is 2.63. The predicted molar refractivity (Wildman–Crippen MR) is 89.4 cm³/mol. The van der Waals surface area contributed by atoms with Gasteiger partial charge in [0, 0.05) is 11.8 Å². The molecule has 2 heterocycles. The van der Waals surface area contributed by atoms with E-state index in [1.165, 1.54) is 25.4 Å². The maximum atomic E-state index is 12.5. The molecule has 0 fully saturated rings. The highest BCUT2D eigenvalue weighted by Gasteiger charge is 2.12. The number of fused-ring (bicyclic) bond motifs is 1. The fourth-order valence-corrected chi connectivity index (χ4v) is 2.23. The van der Waals surface area contributed by atoms with Crippen molar-refractivity contribution in [3.8, 4) is 5.75 Å². The summed E-state index contributed by atoms with van der Waals surface area (Å²) in [5, 5.41) is 11.5. The van der Waals surface area contributed by atoms with Gasteiger partial charge in [0.2, 0.25) is 0 Å². The molecule has 0 saturated carbocycles. The summed E-state index contributed by atoms with van der Waals surface area (Å²) < 4.78 is 6.10. The Labute approximate surface area is 141 Å². The first-order valence-corrected chi connectivity index (χ1v) is 7.19. The first kappa shape index (κ1) is 16.2. The number of methoxy groups -OCH3 is 1. The predicted octanol–water partition coefficient (Wildman–Crippen LogP) is 1.65. The molecule has 8 nitrogen and oxygen atoms in total. The van der Waals surface area contributed by atoms with E-state index >= 15 is 0 Å². The molecule has 0 atom stereocenters. The van der Waals surface area contributed by atoms with Crippen LogP contribution in [0.25, 0.3) is 5.65 Å². The van der Waals surface area contributed by atoms with Crippen LogP contribution in [-0.4, -0.2) is 33.5 Å². The van der Waals surface area contributed by atoms with Crippen molar-refractivity contribution in [2.24, 2.45) is 0 Å². The second-order valence-electron chi connectivity index (χ2n) is 5.11. The number of ether oxygens (including phenoxy) is 1. The van der Waals surface area contributed by atoms with Gasteiger partial charge in [-0.05, 0) is 36.4 Å². The van der Waals surface area contributed by atoms with E-state index in [2.05, 4.69) is 10.3 Å². The quantitative estimate of drug-likeness (QED) is 0.748. The molecule has 25 heavy (non-hydrogen) atoms. The van der Waals surface area contributed by atoms with E-state index in [0.717, 1.165) is 10.6 Å². The summed E-state index contributed by atoms with van der Waals surface area (Å²) in [6.45, 7) is 0. The number of anilines is 1. The molecule has 8 heteroatoms. The highest BCUT2D eigenvalue weighted by molar-refractivity contribution is 6.04. The minimum Gasteiger partial charge on any atom is -0.497 e. The Hall–Kier alpha value is -3.68. The topological polar surface area (TPSA) is 110 Å². The molecular formula is C17H13N3O5. The fourth-order valence-electron chi connectivity index (χ4n) is 2.23. The molecule has 1 amide bonds. The molecule has 3 aromatic rings. The van der Waals surface area contributed by atoms with E-state index in [4.69, 9.17) is 9.84 Å². The number of hydrogen-bond acceptors (Lipinski definition) is 5. The number of aromatic nitrogens is 2. The zero-order valence-electron chi connectivity index (χ0n) is 13.1. The van der Waals surface area contributed by atoms with Crippen LogP contribution in [0.5, 0.6) is 5.75 Å². The third kappa shape index (κ3) is 3.18. The van der Waals surface area contributed by atoms with Crippen LogP contribution in [0, 0.1) is 0 Å². The van der Waals surface area contributed by atoms with Gasteiger partial charge in [0.05, 0.1) is 18.9 Å². The SMILES string of the molecule is COc1ccc(C(=O)Nc2cnc3ccc(C(=O)O)cn3c2=O)cc1. The first-order valence-electron chi connectivity index (χ1n) is 7.19. The van der Waals surface area contributed by atoms with Crippen molar-refractivity contribution >= 4 is 23.2 Å². The standard InChI is InChI=1S/C17H13N3O5/c1-25-12-5-2-10(3-6-12)15(21)19-13-8-18-14-7-4-11(17(23)24)9-20(14)16(13)22/h2-9H,1H3,(H,19,21)(H,23,24). The van der Waals surface area contributed by atoms with Crippen LogP contribution in [0.1, 0.15) is 20.7 Å². The molecule has 0 spiro atoms. The summed E-state index contributed by atoms with van der Waals surface area (Å²) in [6.07, 6.45) is 2.40. The van der Waals surface area contributed by atoms with E-state index in [1.807, 2.05) is 0 Å². The van der Waals surface area contributed by atoms with Gasteiger partial charge in [0.1, 0.15) is 17.1 Å². The van der Waals surface area contributed by atoms with Crippen LogP contribution in [0.3, 0.4) is 0 Å². The van der Waals surface area contributed by atoms with Gasteiger partial charge in [-0.1, -0.05) is 0 Å². The maximum Gasteiger partial charge on any atom is 0.337 e. The second-order valence-corrected chi connectivity index (χ2v) is 5.11. The van der Waals surface area contributed by atoms with Gasteiger partial charge in [0.15, 0.2) is 0 Å². The normalized spacial score (nSPS) is 10.4. The first-order chi connectivity index (χ1) is 12.0. The van der Waals surface area contributed by atoms with Crippen molar-refractivity contribution in [3.05, 3.63) is 70.3 Å². The average molecular weight is 339 g/mol. The number of pyridine rings is 1. The highest BCUT2D eigenvalue weighted by Crippen LogP contribution is 2.12. The summed E-state index contributed by atoms with van der Waals surface area (Å²) in [6, 6.07) is 9.13. The highest BCUT2D eigenvalue weighted by atomic mass is 16.5. The van der Waals surface area contributed by atoms with Crippen LogP contribution in [-0.2, 0) is 0 Å². The Morgan fingerprint density at radius 1 is 1.12 bits per heavy atom. The van der Waals surface area contributed by atoms with Gasteiger partial charge >= 0.3 is 5.97 Å². The van der Waals surface area contributed by atoms with E-state index in [9.17, 15) is 14.4 Å². The van der Waals surface area contributed by atoms with Crippen molar-refractivity contribution < 1.29 is 19.4 Å². The van der Waals surface area contributed by atoms with Gasteiger partial charge in [-0.25, -0.2) is 9.78 Å². The third-order valence-corrected chi connectivity index (χ3v) is 3.55. The number of benzene rings is 1. The molecule has 0 aliphatic rings. The maximum absolute atomic E-state index is 12.5. The zero-order valence-corrected chi connectivity index (χ0v) is 13.1. The number of aromatic carboxylic acids is 1. The Morgan fingerprint density at radius 3 is 2.44 bits per heavy atom. The van der Waals surface area contributed by atoms with Gasteiger partial charge in [-0.3, -0.25) is 14.0 Å². The van der Waals surface area contributed by atoms with Crippen molar-refractivity contribution in [3.63, 3.8) is 0 Å². The number of rotatable bonds is 4. The number of nitrogens with one attached hydrogen (secondary N) is 1. The number of hydrogen-bond donors (Lipinski definition) is 2. The molecular weight excluding hydrogens is 326 g/mol. The lowest BCUT2D eigenvalue weighted by atomic mass is 10.2. The molecule has 0 radical (unpaired) electrons. The Bertz CT molecular complexity index is 1020. The summed E-state index contributed by atoms with van der Waals surface area (Å²) in [4.78, 5) is 39.8. The van der Waals surface area contributed by atoms with Gasteiger partial charge in [0.25, 0.3) is 11.5 Å². The fraction of sp³-hybridized carbons (Fsp3) is 0.0588. The Kier molecular flexibility index (Phi) is 4.17. The number of amides is 1. The largest absolute Gasteiger partial charge is 0.497 e. The summed E-state index contributed by atoms with van der Waals surface area (Å²) in [7, 11) is 1.52. The zero-order chi connectivity index (χ0) is 18.0. The van der Waals surface area contributed by atoms with Gasteiger partial charge in [-0.15, -0.1) is 0 Å². The number of nitrogens with zero attached hydrogens (tertiary/aromatic N) is 2. The van der Waals surface area contributed by atoms with Crippen molar-refractivity contribution in [2.75, 3.05) is 12.4 Å². The van der Waals surface area contributed by atoms with E-state index < -0.39 is 17.4 Å². The summed E-state index contributed by atoms with van der Waals surface area (Å²) in [5.41, 5.74) is -0.0760. The van der Waals surface area contributed by atoms with E-state index in [0.29, 0.717) is 11.3 Å². The molecule has 1 aromatic carbocycles. The van der Waals surface area contributed by atoms with Crippen LogP contribution < -0.4 is 15.6 Å². The molecule has 0 saturated heterocycles. The molecule has 0 unspecified atom stereocenters. The Morgan fingerprint density at radius 2 is 1.80 bits per heavy atom. The van der Waals surface area contributed by atoms with Gasteiger partial charge in [-0.2, -0.15) is 0 Å². The number of carboxylic acids is 1. The molecule has 0 aliphatic carbocycles. The smallest absolute Gasteiger partial charge is 0.337 e. The summed E-state index contributed by atoms with van der Waals surface area (Å²) >= 11 is 0. The second kappa shape index (κ2) is 6.44. The van der Waals surface area contributed by atoms with Crippen molar-refractivity contribution in [1.29, 1.82) is 0 Å². The van der Waals surface area contributed by atoms with E-state index in [-0.39, 0.29) is 16.9 Å². The lowest BCUT2D eigenvalue weighted by molar-refractivity contribution is 0.0696. The molecule has 0 aliphatic heterocycles. The minimum atomic E-state index is -1.17. The van der Waals surface area contributed by atoms with Crippen LogP contribution in [0.15, 0.2) is 53.6 Å². The van der Waals surface area contributed by atoms with Crippen LogP contribution >= 0.6 is 0 Å². The molecule has 2 N–H and O–H groups in total. The molecule has 0 bridgehead atoms. The monoisotopic (exact) mass is 339 g/mol. The van der Waals surface area contributed by atoms with Crippen LogP contribution in [0.2, 0.25) is 0 Å². The number of carbonyl (C=O) groups excluding carboxylic acids is 1. The lowest BCUT2D eigenvalue weighted by Crippen LogP contribution is -2.23. The summed E-state index contributed by atoms with van der Waals surface area (Å²) in [5.74, 6) is -1.05. The van der Waals surface area contributed by atoms with Crippen molar-refractivity contribution in [1.82, 2.24) is 9.38 Å². The van der Waals surface area contributed by atoms with Crippen molar-refractivity contribution in [2.45, 2.75) is 0 Å². The number of carboxylic acid groups (broad SMARTS) is 1. The minimum absolute atomic E-state index is 0.0548. The molecule has 2 aromatic heterocycles. The van der Waals surface area contributed by atoms with E-state index in [1.54, 1.807) is 24.3 Å².